The number of carbonyl (C=O) groups excluding carboxylic acids is 2. The van der Waals surface area contributed by atoms with E-state index in [1.165, 1.54) is 7.11 Å². The first kappa shape index (κ1) is 15.0. The fourth-order valence-corrected chi connectivity index (χ4v) is 1.63. The summed E-state index contributed by atoms with van der Waals surface area (Å²) in [6, 6.07) is 7.24. The Bertz CT molecular complexity index is 429. The third-order valence-corrected chi connectivity index (χ3v) is 2.86. The summed E-state index contributed by atoms with van der Waals surface area (Å²) >= 11 is 0. The van der Waals surface area contributed by atoms with Crippen LogP contribution in [-0.2, 0) is 20.7 Å². The van der Waals surface area contributed by atoms with Crippen LogP contribution in [0.25, 0.3) is 0 Å². The summed E-state index contributed by atoms with van der Waals surface area (Å²) in [6.07, 6.45) is 1.28. The third-order valence-electron chi connectivity index (χ3n) is 2.86. The Kier molecular flexibility index (Phi) is 5.85. The molecule has 1 amide bonds. The molecule has 0 bridgehead atoms. The molecule has 1 aromatic carbocycles. The van der Waals surface area contributed by atoms with Crippen LogP contribution in [0.15, 0.2) is 24.3 Å². The van der Waals surface area contributed by atoms with E-state index in [1.54, 1.807) is 24.1 Å². The number of nitrogens with zero attached hydrogens (tertiary/aromatic N) is 1. The normalized spacial score (nSPS) is 10.0. The van der Waals surface area contributed by atoms with Gasteiger partial charge in [0.1, 0.15) is 0 Å². The maximum atomic E-state index is 11.9. The summed E-state index contributed by atoms with van der Waals surface area (Å²) in [5, 5.41) is 0. The Balaban J connectivity index is 2.36. The molecule has 0 heterocycles. The predicted molar refractivity (Wildman–Crippen MR) is 73.4 cm³/mol. The van der Waals surface area contributed by atoms with Gasteiger partial charge in [-0.3, -0.25) is 9.59 Å². The number of likely N-dealkylation sites (N-methyl/N-ethyl adjacent to an activating group) is 1. The van der Waals surface area contributed by atoms with Crippen LogP contribution in [0.5, 0.6) is 0 Å². The summed E-state index contributed by atoms with van der Waals surface area (Å²) in [4.78, 5) is 24.5. The van der Waals surface area contributed by atoms with Crippen molar-refractivity contribution in [3.8, 4) is 0 Å². The van der Waals surface area contributed by atoms with Crippen LogP contribution in [0.2, 0.25) is 0 Å². The lowest BCUT2D eigenvalue weighted by Crippen LogP contribution is -2.29. The molecule has 1 rings (SSSR count). The van der Waals surface area contributed by atoms with Gasteiger partial charge in [-0.05, 0) is 24.1 Å². The number of benzene rings is 1. The number of ether oxygens (including phenoxy) is 1. The van der Waals surface area contributed by atoms with Gasteiger partial charge in [0.15, 0.2) is 0 Å². The highest BCUT2D eigenvalue weighted by Gasteiger charge is 2.10. The number of hydrogen-bond donors (Lipinski definition) is 1. The SMILES string of the molecule is COC(=O)CCCN(C)C(=O)Cc1ccc(N)cc1. The molecular formula is C14H20N2O3. The van der Waals surface area contributed by atoms with E-state index in [4.69, 9.17) is 5.73 Å². The van der Waals surface area contributed by atoms with Crippen molar-refractivity contribution >= 4 is 17.6 Å². The van der Waals surface area contributed by atoms with E-state index in [0.29, 0.717) is 31.5 Å². The smallest absolute Gasteiger partial charge is 0.305 e. The predicted octanol–water partition coefficient (Wildman–Crippen LogP) is 1.22. The highest BCUT2D eigenvalue weighted by molar-refractivity contribution is 5.78. The molecule has 1 aromatic rings. The first-order chi connectivity index (χ1) is 9.02. The fraction of sp³-hybridized carbons (Fsp3) is 0.429. The molecule has 0 aliphatic heterocycles. The van der Waals surface area contributed by atoms with Crippen molar-refractivity contribution in [2.75, 3.05) is 26.4 Å². The van der Waals surface area contributed by atoms with Gasteiger partial charge in [-0.15, -0.1) is 0 Å². The van der Waals surface area contributed by atoms with Gasteiger partial charge in [-0.2, -0.15) is 0 Å². The van der Waals surface area contributed by atoms with Gasteiger partial charge in [0.2, 0.25) is 5.91 Å². The number of hydrogen-bond acceptors (Lipinski definition) is 4. The Morgan fingerprint density at radius 3 is 2.47 bits per heavy atom. The summed E-state index contributed by atoms with van der Waals surface area (Å²) in [5.41, 5.74) is 7.20. The Labute approximate surface area is 113 Å². The van der Waals surface area contributed by atoms with Crippen molar-refractivity contribution < 1.29 is 14.3 Å². The van der Waals surface area contributed by atoms with Crippen LogP contribution in [0, 0.1) is 0 Å². The summed E-state index contributed by atoms with van der Waals surface area (Å²) in [5.74, 6) is -0.228. The van der Waals surface area contributed by atoms with E-state index >= 15 is 0 Å². The molecule has 19 heavy (non-hydrogen) atoms. The molecule has 0 spiro atoms. The minimum absolute atomic E-state index is 0.0228. The number of amides is 1. The Morgan fingerprint density at radius 2 is 1.89 bits per heavy atom. The number of nitrogen functional groups attached to an aromatic ring is 1. The minimum atomic E-state index is -0.251. The van der Waals surface area contributed by atoms with Crippen molar-refractivity contribution in [3.05, 3.63) is 29.8 Å². The Hall–Kier alpha value is -2.04. The third kappa shape index (κ3) is 5.42. The maximum absolute atomic E-state index is 11.9. The van der Waals surface area contributed by atoms with Gasteiger partial charge in [0.25, 0.3) is 0 Å². The first-order valence-corrected chi connectivity index (χ1v) is 6.18. The van der Waals surface area contributed by atoms with Crippen LogP contribution >= 0.6 is 0 Å². The van der Waals surface area contributed by atoms with Gasteiger partial charge >= 0.3 is 5.97 Å². The van der Waals surface area contributed by atoms with E-state index < -0.39 is 0 Å². The molecule has 0 fully saturated rings. The average molecular weight is 264 g/mol. The van der Waals surface area contributed by atoms with E-state index in [2.05, 4.69) is 4.74 Å². The first-order valence-electron chi connectivity index (χ1n) is 6.18. The van der Waals surface area contributed by atoms with Crippen molar-refractivity contribution in [1.82, 2.24) is 4.90 Å². The van der Waals surface area contributed by atoms with Crippen LogP contribution in [-0.4, -0.2) is 37.5 Å². The number of anilines is 1. The van der Waals surface area contributed by atoms with Crippen molar-refractivity contribution in [2.45, 2.75) is 19.3 Å². The molecule has 0 aromatic heterocycles. The molecule has 2 N–H and O–H groups in total. The lowest BCUT2D eigenvalue weighted by molar-refractivity contribution is -0.141. The zero-order valence-corrected chi connectivity index (χ0v) is 11.4. The molecule has 0 aliphatic carbocycles. The minimum Gasteiger partial charge on any atom is -0.469 e. The lowest BCUT2D eigenvalue weighted by Gasteiger charge is -2.16. The zero-order chi connectivity index (χ0) is 14.3. The van der Waals surface area contributed by atoms with Crippen molar-refractivity contribution in [1.29, 1.82) is 0 Å². The molecule has 0 atom stereocenters. The van der Waals surface area contributed by atoms with Gasteiger partial charge in [-0.25, -0.2) is 0 Å². The number of esters is 1. The number of nitrogens with two attached hydrogens (primary N) is 1. The second-order valence-corrected chi connectivity index (χ2v) is 4.41. The van der Waals surface area contributed by atoms with Crippen LogP contribution < -0.4 is 5.73 Å². The summed E-state index contributed by atoms with van der Waals surface area (Å²) in [6.45, 7) is 0.545. The van der Waals surface area contributed by atoms with Gasteiger partial charge in [-0.1, -0.05) is 12.1 Å². The topological polar surface area (TPSA) is 72.6 Å². The average Bonchev–Trinajstić information content (AvgIpc) is 2.40. The fourth-order valence-electron chi connectivity index (χ4n) is 1.63. The highest BCUT2D eigenvalue weighted by Crippen LogP contribution is 2.07. The standard InChI is InChI=1S/C14H20N2O3/c1-16(9-3-4-14(18)19-2)13(17)10-11-5-7-12(15)8-6-11/h5-8H,3-4,9-10,15H2,1-2H3. The van der Waals surface area contributed by atoms with Gasteiger partial charge in [0.05, 0.1) is 13.5 Å². The molecule has 0 aliphatic rings. The molecule has 0 saturated heterocycles. The number of rotatable bonds is 6. The van der Waals surface area contributed by atoms with Gasteiger partial charge < -0.3 is 15.4 Å². The van der Waals surface area contributed by atoms with E-state index in [0.717, 1.165) is 5.56 Å². The lowest BCUT2D eigenvalue weighted by atomic mass is 10.1. The molecule has 0 unspecified atom stereocenters. The summed E-state index contributed by atoms with van der Waals surface area (Å²) < 4.78 is 4.55. The van der Waals surface area contributed by atoms with Crippen LogP contribution in [0.4, 0.5) is 5.69 Å². The molecule has 0 radical (unpaired) electrons. The molecule has 0 saturated carbocycles. The maximum Gasteiger partial charge on any atom is 0.305 e. The van der Waals surface area contributed by atoms with Crippen LogP contribution in [0.1, 0.15) is 18.4 Å². The summed E-state index contributed by atoms with van der Waals surface area (Å²) in [7, 11) is 3.09. The van der Waals surface area contributed by atoms with E-state index in [1.807, 2.05) is 12.1 Å². The van der Waals surface area contributed by atoms with Crippen molar-refractivity contribution in [3.63, 3.8) is 0 Å². The number of methoxy groups -OCH3 is 1. The second kappa shape index (κ2) is 7.41. The second-order valence-electron chi connectivity index (χ2n) is 4.41. The Morgan fingerprint density at radius 1 is 1.26 bits per heavy atom. The number of carbonyl (C=O) groups is 2. The van der Waals surface area contributed by atoms with Crippen molar-refractivity contribution in [2.24, 2.45) is 0 Å². The van der Waals surface area contributed by atoms with Gasteiger partial charge in [0, 0.05) is 25.7 Å². The van der Waals surface area contributed by atoms with E-state index in [-0.39, 0.29) is 11.9 Å². The van der Waals surface area contributed by atoms with Crippen LogP contribution in [0.3, 0.4) is 0 Å². The molecule has 5 nitrogen and oxygen atoms in total. The quantitative estimate of drug-likeness (QED) is 0.619. The molecule has 5 heteroatoms. The molecule has 104 valence electrons. The monoisotopic (exact) mass is 264 g/mol. The zero-order valence-electron chi connectivity index (χ0n) is 11.4. The highest BCUT2D eigenvalue weighted by atomic mass is 16.5. The van der Waals surface area contributed by atoms with E-state index in [9.17, 15) is 9.59 Å². The largest absolute Gasteiger partial charge is 0.469 e. The molecular weight excluding hydrogens is 244 g/mol.